The van der Waals surface area contributed by atoms with Gasteiger partial charge in [-0.1, -0.05) is 49.8 Å². The summed E-state index contributed by atoms with van der Waals surface area (Å²) in [6.45, 7) is 13.2. The fourth-order valence-electron chi connectivity index (χ4n) is 1.50. The maximum atomic E-state index is 11.0. The van der Waals surface area contributed by atoms with Crippen LogP contribution in [0.1, 0.15) is 46.7 Å². The molecule has 2 N–H and O–H groups in total. The maximum Gasteiger partial charge on any atom is 0.220 e. The molecule has 0 aromatic heterocycles. The lowest BCUT2D eigenvalue weighted by atomic mass is 9.78. The van der Waals surface area contributed by atoms with E-state index in [2.05, 4.69) is 37.0 Å². The fraction of sp³-hybridized carbons (Fsp3) is 0.526. The highest BCUT2D eigenvalue weighted by Gasteiger charge is 2.31. The van der Waals surface area contributed by atoms with Gasteiger partial charge in [-0.3, -0.25) is 4.79 Å². The van der Waals surface area contributed by atoms with Crippen molar-refractivity contribution in [1.29, 1.82) is 0 Å². The van der Waals surface area contributed by atoms with E-state index in [1.807, 2.05) is 19.9 Å². The van der Waals surface area contributed by atoms with E-state index < -0.39 is 5.60 Å². The first-order valence-corrected chi connectivity index (χ1v) is 7.65. The van der Waals surface area contributed by atoms with Gasteiger partial charge >= 0.3 is 0 Å². The van der Waals surface area contributed by atoms with E-state index in [0.717, 1.165) is 6.42 Å². The molecule has 0 fully saturated rings. The van der Waals surface area contributed by atoms with Crippen molar-refractivity contribution < 1.29 is 11.3 Å². The summed E-state index contributed by atoms with van der Waals surface area (Å²) < 4.78 is 0. The number of aryl methyl sites for hydroxylation is 2. The third-order valence-corrected chi connectivity index (χ3v) is 4.09. The molecule has 0 saturated heterocycles. The Morgan fingerprint density at radius 1 is 1.36 bits per heavy atom. The van der Waals surface area contributed by atoms with E-state index in [-0.39, 0.29) is 12.7 Å². The molecule has 126 valence electrons. The van der Waals surface area contributed by atoms with E-state index >= 15 is 0 Å². The van der Waals surface area contributed by atoms with Crippen LogP contribution in [-0.4, -0.2) is 23.7 Å². The van der Waals surface area contributed by atoms with E-state index in [4.69, 9.17) is 0 Å². The number of benzene rings is 1. The predicted octanol–water partition coefficient (Wildman–Crippen LogP) is 3.89. The van der Waals surface area contributed by atoms with Gasteiger partial charge in [0.2, 0.25) is 5.91 Å². The monoisotopic (exact) mass is 307 g/mol. The second kappa shape index (κ2) is 8.74. The molecule has 0 radical (unpaired) electrons. The van der Waals surface area contributed by atoms with Gasteiger partial charge in [0.05, 0.1) is 5.60 Å². The minimum absolute atomic E-state index is 0. The molecule has 0 aliphatic rings. The second-order valence-corrected chi connectivity index (χ2v) is 6.65. The minimum atomic E-state index is -0.672. The standard InChI is InChI=1S/C11H15NO.C8H16O.H2/c1-9-4-3-5-10(8-9)6-7-11(13)12-2;1-6-7(2,3)8(4,5)9;/h3-5,8H,6-7H2,1-2H3,(H,12,13);6,9H,1H2,2-5H3;1H. The highest BCUT2D eigenvalue weighted by atomic mass is 16.3. The fourth-order valence-corrected chi connectivity index (χ4v) is 1.50. The van der Waals surface area contributed by atoms with Gasteiger partial charge < -0.3 is 10.4 Å². The summed E-state index contributed by atoms with van der Waals surface area (Å²) in [6, 6.07) is 8.25. The smallest absolute Gasteiger partial charge is 0.220 e. The largest absolute Gasteiger partial charge is 0.390 e. The van der Waals surface area contributed by atoms with Crippen LogP contribution < -0.4 is 5.32 Å². The predicted molar refractivity (Wildman–Crippen MR) is 96.0 cm³/mol. The molecule has 3 heteroatoms. The number of hydrogen-bond donors (Lipinski definition) is 2. The van der Waals surface area contributed by atoms with Crippen LogP contribution in [0, 0.1) is 12.3 Å². The van der Waals surface area contributed by atoms with Crippen LogP contribution in [-0.2, 0) is 11.2 Å². The first-order valence-electron chi connectivity index (χ1n) is 7.65. The summed E-state index contributed by atoms with van der Waals surface area (Å²) >= 11 is 0. The molecule has 1 amide bonds. The quantitative estimate of drug-likeness (QED) is 0.811. The molecule has 0 bridgehead atoms. The van der Waals surface area contributed by atoms with Gasteiger partial charge in [-0.2, -0.15) is 0 Å². The van der Waals surface area contributed by atoms with Crippen LogP contribution >= 0.6 is 0 Å². The third kappa shape index (κ3) is 7.41. The van der Waals surface area contributed by atoms with E-state index in [0.29, 0.717) is 6.42 Å². The summed E-state index contributed by atoms with van der Waals surface area (Å²) in [6.07, 6.45) is 3.16. The van der Waals surface area contributed by atoms with Crippen molar-refractivity contribution in [3.63, 3.8) is 0 Å². The molecule has 22 heavy (non-hydrogen) atoms. The van der Waals surface area contributed by atoms with Crippen molar-refractivity contribution in [3.05, 3.63) is 48.0 Å². The van der Waals surface area contributed by atoms with Crippen molar-refractivity contribution in [3.8, 4) is 0 Å². The van der Waals surface area contributed by atoms with Crippen LogP contribution in [0.25, 0.3) is 0 Å². The molecular formula is C19H33NO2. The van der Waals surface area contributed by atoms with Crippen molar-refractivity contribution >= 4 is 5.91 Å². The van der Waals surface area contributed by atoms with Gasteiger partial charge in [-0.15, -0.1) is 6.58 Å². The van der Waals surface area contributed by atoms with E-state index in [1.165, 1.54) is 11.1 Å². The highest BCUT2D eigenvalue weighted by molar-refractivity contribution is 5.75. The molecule has 0 aliphatic carbocycles. The SMILES string of the molecule is C=CC(C)(C)C(C)(C)O.CNC(=O)CCc1cccc(C)c1.[HH]. The molecular weight excluding hydrogens is 274 g/mol. The zero-order valence-corrected chi connectivity index (χ0v) is 14.9. The molecule has 0 atom stereocenters. The second-order valence-electron chi connectivity index (χ2n) is 6.65. The van der Waals surface area contributed by atoms with Gasteiger partial charge in [0.1, 0.15) is 0 Å². The molecule has 0 saturated carbocycles. The zero-order chi connectivity index (χ0) is 17.4. The number of amides is 1. The lowest BCUT2D eigenvalue weighted by Crippen LogP contribution is -2.36. The van der Waals surface area contributed by atoms with Gasteiger partial charge in [-0.25, -0.2) is 0 Å². The number of hydrogen-bond acceptors (Lipinski definition) is 2. The summed E-state index contributed by atoms with van der Waals surface area (Å²) in [5.41, 5.74) is 1.60. The zero-order valence-electron chi connectivity index (χ0n) is 14.9. The molecule has 1 aromatic carbocycles. The van der Waals surface area contributed by atoms with Gasteiger partial charge in [0.25, 0.3) is 0 Å². The Kier molecular flexibility index (Phi) is 8.10. The van der Waals surface area contributed by atoms with Gasteiger partial charge in [-0.05, 0) is 32.8 Å². The van der Waals surface area contributed by atoms with Crippen LogP contribution in [0.2, 0.25) is 0 Å². The Hall–Kier alpha value is -1.61. The average Bonchev–Trinajstić information content (AvgIpc) is 2.44. The molecule has 0 unspecified atom stereocenters. The van der Waals surface area contributed by atoms with Crippen molar-refractivity contribution in [1.82, 2.24) is 5.32 Å². The summed E-state index contributed by atoms with van der Waals surface area (Å²) in [5, 5.41) is 12.1. The molecule has 0 heterocycles. The maximum absolute atomic E-state index is 11.0. The number of carbonyl (C=O) groups is 1. The normalized spacial score (nSPS) is 11.2. The van der Waals surface area contributed by atoms with E-state index in [9.17, 15) is 9.90 Å². The first-order chi connectivity index (χ1) is 10.0. The lowest BCUT2D eigenvalue weighted by Gasteiger charge is -2.34. The first kappa shape index (κ1) is 20.4. The Balaban J connectivity index is 0. The third-order valence-electron chi connectivity index (χ3n) is 4.09. The number of aliphatic hydroxyl groups is 1. The highest BCUT2D eigenvalue weighted by Crippen LogP contribution is 2.30. The summed E-state index contributed by atoms with van der Waals surface area (Å²) in [4.78, 5) is 11.0. The van der Waals surface area contributed by atoms with Crippen molar-refractivity contribution in [2.45, 2.75) is 53.1 Å². The number of rotatable bonds is 5. The van der Waals surface area contributed by atoms with E-state index in [1.54, 1.807) is 27.0 Å². The Bertz CT molecular complexity index is 490. The average molecular weight is 307 g/mol. The summed E-state index contributed by atoms with van der Waals surface area (Å²) in [5.74, 6) is 0.0986. The van der Waals surface area contributed by atoms with Crippen molar-refractivity contribution in [2.24, 2.45) is 5.41 Å². The van der Waals surface area contributed by atoms with Crippen LogP contribution in [0.5, 0.6) is 0 Å². The molecule has 0 aliphatic heterocycles. The molecule has 0 spiro atoms. The molecule has 3 nitrogen and oxygen atoms in total. The van der Waals surface area contributed by atoms with Crippen molar-refractivity contribution in [2.75, 3.05) is 7.05 Å². The topological polar surface area (TPSA) is 49.3 Å². The van der Waals surface area contributed by atoms with Crippen LogP contribution in [0.3, 0.4) is 0 Å². The Morgan fingerprint density at radius 3 is 2.32 bits per heavy atom. The number of carbonyl (C=O) groups excluding carboxylic acids is 1. The van der Waals surface area contributed by atoms with Crippen LogP contribution in [0.15, 0.2) is 36.9 Å². The molecule has 1 rings (SSSR count). The van der Waals surface area contributed by atoms with Gasteiger partial charge in [0.15, 0.2) is 0 Å². The Morgan fingerprint density at radius 2 is 1.95 bits per heavy atom. The lowest BCUT2D eigenvalue weighted by molar-refractivity contribution is -0.120. The molecule has 1 aromatic rings. The minimum Gasteiger partial charge on any atom is -0.390 e. The van der Waals surface area contributed by atoms with Gasteiger partial charge in [0, 0.05) is 20.3 Å². The number of nitrogens with one attached hydrogen (secondary N) is 1. The Labute approximate surface area is 136 Å². The summed E-state index contributed by atoms with van der Waals surface area (Å²) in [7, 11) is 1.67. The van der Waals surface area contributed by atoms with Crippen LogP contribution in [0.4, 0.5) is 0 Å².